The molecule has 6 nitrogen and oxygen atoms in total. The topological polar surface area (TPSA) is 109 Å². The van der Waals surface area contributed by atoms with Crippen LogP contribution in [0.4, 0.5) is 0 Å². The molecule has 0 aromatic carbocycles. The molecule has 0 aromatic heterocycles. The Morgan fingerprint density at radius 1 is 1.36 bits per heavy atom. The zero-order valence-corrected chi connectivity index (χ0v) is 7.53. The zero-order chi connectivity index (χ0) is 10.7. The summed E-state index contributed by atoms with van der Waals surface area (Å²) in [5.74, 6) is -2.72. The lowest BCUT2D eigenvalue weighted by Gasteiger charge is -2.01. The molecule has 2 amide bonds. The average molecular weight is 200 g/mol. The van der Waals surface area contributed by atoms with E-state index in [9.17, 15) is 14.4 Å². The van der Waals surface area contributed by atoms with E-state index in [2.05, 4.69) is 5.32 Å². The van der Waals surface area contributed by atoms with Crippen molar-refractivity contribution in [3.63, 3.8) is 0 Å². The van der Waals surface area contributed by atoms with Gasteiger partial charge in [-0.1, -0.05) is 0 Å². The standard InChI is InChI=1S/C8H12N2O4/c9-6(11)1-2-10-7(12)4-3-5(4)8(13)14/h4-5H,1-3H2,(H2,9,11)(H,10,12)(H,13,14). The van der Waals surface area contributed by atoms with Gasteiger partial charge in [0.2, 0.25) is 11.8 Å². The Kier molecular flexibility index (Phi) is 3.06. The number of nitrogens with one attached hydrogen (secondary N) is 1. The molecule has 0 bridgehead atoms. The number of carboxylic acid groups (broad SMARTS) is 1. The van der Waals surface area contributed by atoms with Crippen LogP contribution in [0.2, 0.25) is 0 Å². The van der Waals surface area contributed by atoms with Gasteiger partial charge in [0.05, 0.1) is 11.8 Å². The minimum atomic E-state index is -0.944. The summed E-state index contributed by atoms with van der Waals surface area (Å²) in [6.45, 7) is 0.178. The molecule has 14 heavy (non-hydrogen) atoms. The van der Waals surface area contributed by atoms with Crippen LogP contribution in [0, 0.1) is 11.8 Å². The quantitative estimate of drug-likeness (QED) is 0.512. The van der Waals surface area contributed by atoms with Crippen molar-refractivity contribution in [2.45, 2.75) is 12.8 Å². The normalized spacial score (nSPS) is 24.0. The Morgan fingerprint density at radius 2 is 2.00 bits per heavy atom. The van der Waals surface area contributed by atoms with Crippen molar-refractivity contribution in [1.29, 1.82) is 0 Å². The second kappa shape index (κ2) is 4.08. The predicted octanol–water partition coefficient (Wildman–Crippen LogP) is -1.30. The van der Waals surface area contributed by atoms with Crippen molar-refractivity contribution in [1.82, 2.24) is 5.32 Å². The monoisotopic (exact) mass is 200 g/mol. The maximum Gasteiger partial charge on any atom is 0.307 e. The number of rotatable bonds is 5. The predicted molar refractivity (Wildman–Crippen MR) is 46.1 cm³/mol. The Morgan fingerprint density at radius 3 is 2.43 bits per heavy atom. The molecule has 0 spiro atoms. The van der Waals surface area contributed by atoms with Crippen molar-refractivity contribution in [2.24, 2.45) is 17.6 Å². The van der Waals surface area contributed by atoms with E-state index in [0.29, 0.717) is 6.42 Å². The molecule has 0 aliphatic heterocycles. The van der Waals surface area contributed by atoms with Crippen molar-refractivity contribution >= 4 is 17.8 Å². The molecule has 4 N–H and O–H groups in total. The van der Waals surface area contributed by atoms with Gasteiger partial charge < -0.3 is 16.2 Å². The van der Waals surface area contributed by atoms with E-state index in [-0.39, 0.29) is 18.9 Å². The van der Waals surface area contributed by atoms with E-state index in [1.165, 1.54) is 0 Å². The minimum absolute atomic E-state index is 0.0796. The molecule has 6 heteroatoms. The Labute approximate surface area is 80.5 Å². The molecule has 1 saturated carbocycles. The number of carbonyl (C=O) groups is 3. The van der Waals surface area contributed by atoms with E-state index in [1.54, 1.807) is 0 Å². The third-order valence-corrected chi connectivity index (χ3v) is 2.12. The fourth-order valence-electron chi connectivity index (χ4n) is 1.20. The first-order chi connectivity index (χ1) is 6.52. The van der Waals surface area contributed by atoms with Crippen molar-refractivity contribution in [3.05, 3.63) is 0 Å². The van der Waals surface area contributed by atoms with Gasteiger partial charge in [-0.3, -0.25) is 14.4 Å². The van der Waals surface area contributed by atoms with Gasteiger partial charge in [-0.2, -0.15) is 0 Å². The summed E-state index contributed by atoms with van der Waals surface area (Å²) in [7, 11) is 0. The van der Waals surface area contributed by atoms with Gasteiger partial charge in [0.25, 0.3) is 0 Å². The molecular weight excluding hydrogens is 188 g/mol. The Bertz CT molecular complexity index is 277. The molecular formula is C8H12N2O4. The summed E-state index contributed by atoms with van der Waals surface area (Å²) in [6.07, 6.45) is 0.466. The third kappa shape index (κ3) is 2.72. The number of amides is 2. The lowest BCUT2D eigenvalue weighted by atomic mass is 10.3. The van der Waals surface area contributed by atoms with Crippen LogP contribution in [0.25, 0.3) is 0 Å². The number of carbonyl (C=O) groups excluding carboxylic acids is 2. The molecule has 1 aliphatic rings. The summed E-state index contributed by atoms with van der Waals surface area (Å²) in [4.78, 5) is 31.9. The number of aliphatic carboxylic acids is 1. The summed E-state index contributed by atoms with van der Waals surface area (Å²) in [5.41, 5.74) is 4.86. The largest absolute Gasteiger partial charge is 0.481 e. The highest BCUT2D eigenvalue weighted by molar-refractivity contribution is 5.89. The molecule has 2 atom stereocenters. The van der Waals surface area contributed by atoms with Crippen LogP contribution >= 0.6 is 0 Å². The first-order valence-corrected chi connectivity index (χ1v) is 4.31. The summed E-state index contributed by atoms with van der Waals surface area (Å²) in [6, 6.07) is 0. The van der Waals surface area contributed by atoms with Crippen molar-refractivity contribution in [2.75, 3.05) is 6.54 Å². The van der Waals surface area contributed by atoms with Crippen molar-refractivity contribution in [3.8, 4) is 0 Å². The van der Waals surface area contributed by atoms with Gasteiger partial charge in [-0.15, -0.1) is 0 Å². The van der Waals surface area contributed by atoms with Crippen LogP contribution in [-0.4, -0.2) is 29.4 Å². The average Bonchev–Trinajstić information content (AvgIpc) is 2.81. The lowest BCUT2D eigenvalue weighted by molar-refractivity contribution is -0.140. The van der Waals surface area contributed by atoms with Gasteiger partial charge in [0, 0.05) is 13.0 Å². The smallest absolute Gasteiger partial charge is 0.307 e. The molecule has 0 heterocycles. The lowest BCUT2D eigenvalue weighted by Crippen LogP contribution is -2.29. The van der Waals surface area contributed by atoms with Crippen molar-refractivity contribution < 1.29 is 19.5 Å². The van der Waals surface area contributed by atoms with E-state index in [0.717, 1.165) is 0 Å². The summed E-state index contributed by atoms with van der Waals surface area (Å²) in [5, 5.41) is 11.0. The molecule has 0 radical (unpaired) electrons. The van der Waals surface area contributed by atoms with Gasteiger partial charge in [-0.05, 0) is 6.42 Å². The van der Waals surface area contributed by atoms with Crippen LogP contribution in [0.15, 0.2) is 0 Å². The summed E-state index contributed by atoms with van der Waals surface area (Å²) < 4.78 is 0. The minimum Gasteiger partial charge on any atom is -0.481 e. The first-order valence-electron chi connectivity index (χ1n) is 4.31. The zero-order valence-electron chi connectivity index (χ0n) is 7.53. The molecule has 1 aliphatic carbocycles. The van der Waals surface area contributed by atoms with Gasteiger partial charge in [0.15, 0.2) is 0 Å². The molecule has 78 valence electrons. The molecule has 2 unspecified atom stereocenters. The molecule has 0 aromatic rings. The maximum absolute atomic E-state index is 11.2. The number of carboxylic acids is 1. The van der Waals surface area contributed by atoms with Crippen LogP contribution in [-0.2, 0) is 14.4 Å². The van der Waals surface area contributed by atoms with E-state index in [1.807, 2.05) is 0 Å². The van der Waals surface area contributed by atoms with Crippen LogP contribution in [0.1, 0.15) is 12.8 Å². The molecule has 1 fully saturated rings. The fraction of sp³-hybridized carbons (Fsp3) is 0.625. The third-order valence-electron chi connectivity index (χ3n) is 2.12. The second-order valence-corrected chi connectivity index (χ2v) is 3.29. The van der Waals surface area contributed by atoms with Crippen LogP contribution < -0.4 is 11.1 Å². The van der Waals surface area contributed by atoms with Crippen LogP contribution in [0.3, 0.4) is 0 Å². The number of hydrogen-bond donors (Lipinski definition) is 3. The molecule has 1 rings (SSSR count). The second-order valence-electron chi connectivity index (χ2n) is 3.29. The van der Waals surface area contributed by atoms with Gasteiger partial charge >= 0.3 is 5.97 Å². The number of nitrogens with two attached hydrogens (primary N) is 1. The summed E-state index contributed by atoms with van der Waals surface area (Å²) >= 11 is 0. The van der Waals surface area contributed by atoms with Gasteiger partial charge in [0.1, 0.15) is 0 Å². The highest BCUT2D eigenvalue weighted by Crippen LogP contribution is 2.38. The highest BCUT2D eigenvalue weighted by Gasteiger charge is 2.48. The Balaban J connectivity index is 2.18. The maximum atomic E-state index is 11.2. The molecule has 0 saturated heterocycles. The van der Waals surface area contributed by atoms with E-state index in [4.69, 9.17) is 10.8 Å². The highest BCUT2D eigenvalue weighted by atomic mass is 16.4. The van der Waals surface area contributed by atoms with E-state index >= 15 is 0 Å². The fourth-order valence-corrected chi connectivity index (χ4v) is 1.20. The van der Waals surface area contributed by atoms with Gasteiger partial charge in [-0.25, -0.2) is 0 Å². The number of hydrogen-bond acceptors (Lipinski definition) is 3. The van der Waals surface area contributed by atoms with Crippen LogP contribution in [0.5, 0.6) is 0 Å². The van der Waals surface area contributed by atoms with E-state index < -0.39 is 23.7 Å². The Hall–Kier alpha value is -1.59. The number of primary amides is 1. The SMILES string of the molecule is NC(=O)CCNC(=O)C1CC1C(=O)O. The first kappa shape index (κ1) is 10.5.